The average Bonchev–Trinajstić information content (AvgIpc) is 3.33. The molecule has 1 aliphatic rings. The Hall–Kier alpha value is -2.67. The second kappa shape index (κ2) is 7.29. The van der Waals surface area contributed by atoms with Crippen LogP contribution < -0.4 is 22.1 Å². The Kier molecular flexibility index (Phi) is 5.08. The van der Waals surface area contributed by atoms with Crippen molar-refractivity contribution in [2.24, 2.45) is 11.5 Å². The van der Waals surface area contributed by atoms with E-state index in [0.717, 1.165) is 43.0 Å². The molecule has 7 heteroatoms. The van der Waals surface area contributed by atoms with Crippen molar-refractivity contribution < 1.29 is 9.18 Å². The number of nitrogens with two attached hydrogens (primary N) is 2. The molecule has 138 valence electrons. The Morgan fingerprint density at radius 3 is 2.58 bits per heavy atom. The van der Waals surface area contributed by atoms with Crippen molar-refractivity contribution in [3.63, 3.8) is 0 Å². The summed E-state index contributed by atoms with van der Waals surface area (Å²) in [5, 5.41) is 6.02. The lowest BCUT2D eigenvalue weighted by Gasteiger charge is -2.14. The fraction of sp³-hybridized carbons (Fsp3) is 0.368. The number of aryl methyl sites for hydroxylation is 1. The Bertz CT molecular complexity index is 802. The first-order valence-electron chi connectivity index (χ1n) is 8.73. The van der Waals surface area contributed by atoms with E-state index in [4.69, 9.17) is 11.5 Å². The molecule has 1 heterocycles. The molecule has 26 heavy (non-hydrogen) atoms. The average molecular weight is 357 g/mol. The zero-order chi connectivity index (χ0) is 18.7. The van der Waals surface area contributed by atoms with E-state index in [1.807, 2.05) is 31.2 Å². The molecule has 3 rings (SSSR count). The Morgan fingerprint density at radius 2 is 1.96 bits per heavy atom. The second-order valence-corrected chi connectivity index (χ2v) is 6.96. The summed E-state index contributed by atoms with van der Waals surface area (Å²) in [6.07, 6.45) is 3.83. The number of nitrogens with one attached hydrogen (secondary N) is 2. The molecule has 6 nitrogen and oxygen atoms in total. The summed E-state index contributed by atoms with van der Waals surface area (Å²) in [7, 11) is 0. The third kappa shape index (κ3) is 4.49. The van der Waals surface area contributed by atoms with Crippen LogP contribution >= 0.6 is 0 Å². The van der Waals surface area contributed by atoms with E-state index in [0.29, 0.717) is 6.54 Å². The van der Waals surface area contributed by atoms with Gasteiger partial charge in [0, 0.05) is 17.8 Å². The van der Waals surface area contributed by atoms with Gasteiger partial charge in [-0.05, 0) is 50.8 Å². The molecule has 1 saturated carbocycles. The van der Waals surface area contributed by atoms with Crippen molar-refractivity contribution >= 4 is 23.2 Å². The zero-order valence-corrected chi connectivity index (χ0v) is 14.8. The van der Waals surface area contributed by atoms with Crippen LogP contribution in [0.4, 0.5) is 21.7 Å². The number of carbonyl (C=O) groups is 1. The first-order valence-corrected chi connectivity index (χ1v) is 8.73. The number of primary amides is 1. The molecule has 1 aromatic heterocycles. The SMILES string of the molecule is Cc1ccc(Nc2nc(NCCCC3(N)CC3)c(F)cc2C(N)=O)cc1. The predicted octanol–water partition coefficient (Wildman–Crippen LogP) is 3.06. The highest BCUT2D eigenvalue weighted by Crippen LogP contribution is 2.36. The lowest BCUT2D eigenvalue weighted by Crippen LogP contribution is -2.22. The van der Waals surface area contributed by atoms with Gasteiger partial charge in [-0.1, -0.05) is 17.7 Å². The van der Waals surface area contributed by atoms with Gasteiger partial charge in [0.05, 0.1) is 5.56 Å². The van der Waals surface area contributed by atoms with Gasteiger partial charge < -0.3 is 22.1 Å². The maximum Gasteiger partial charge on any atom is 0.252 e. The smallest absolute Gasteiger partial charge is 0.252 e. The highest BCUT2D eigenvalue weighted by molar-refractivity contribution is 5.98. The van der Waals surface area contributed by atoms with E-state index in [-0.39, 0.29) is 22.7 Å². The van der Waals surface area contributed by atoms with Gasteiger partial charge in [-0.2, -0.15) is 0 Å². The monoisotopic (exact) mass is 357 g/mol. The summed E-state index contributed by atoms with van der Waals surface area (Å²) in [5.41, 5.74) is 13.2. The maximum absolute atomic E-state index is 14.3. The fourth-order valence-corrected chi connectivity index (χ4v) is 2.73. The number of nitrogens with zero attached hydrogens (tertiary/aromatic N) is 1. The van der Waals surface area contributed by atoms with E-state index >= 15 is 0 Å². The number of anilines is 3. The van der Waals surface area contributed by atoms with E-state index in [9.17, 15) is 9.18 Å². The van der Waals surface area contributed by atoms with Gasteiger partial charge in [-0.15, -0.1) is 0 Å². The first kappa shape index (κ1) is 18.1. The number of rotatable bonds is 8. The Labute approximate surface area is 152 Å². The maximum atomic E-state index is 14.3. The van der Waals surface area contributed by atoms with Gasteiger partial charge >= 0.3 is 0 Å². The molecular formula is C19H24FN5O. The van der Waals surface area contributed by atoms with Crippen LogP contribution in [0.25, 0.3) is 0 Å². The van der Waals surface area contributed by atoms with Crippen LogP contribution in [0.5, 0.6) is 0 Å². The van der Waals surface area contributed by atoms with Crippen molar-refractivity contribution in [1.29, 1.82) is 0 Å². The highest BCUT2D eigenvalue weighted by atomic mass is 19.1. The number of hydrogen-bond donors (Lipinski definition) is 4. The van der Waals surface area contributed by atoms with E-state index < -0.39 is 11.7 Å². The molecule has 0 atom stereocenters. The van der Waals surface area contributed by atoms with Gasteiger partial charge in [0.15, 0.2) is 11.6 Å². The van der Waals surface area contributed by atoms with E-state index in [1.165, 1.54) is 0 Å². The molecule has 0 bridgehead atoms. The molecule has 1 aromatic carbocycles. The molecule has 6 N–H and O–H groups in total. The molecule has 0 aliphatic heterocycles. The molecule has 1 aliphatic carbocycles. The van der Waals surface area contributed by atoms with Gasteiger partial charge in [-0.3, -0.25) is 4.79 Å². The van der Waals surface area contributed by atoms with Crippen LogP contribution in [-0.2, 0) is 0 Å². The standard InChI is InChI=1S/C19H24FN5O/c1-12-3-5-13(6-4-12)24-17-14(16(21)26)11-15(20)18(25-17)23-10-2-7-19(22)8-9-19/h3-6,11H,2,7-10,22H2,1H3,(H2,21,26)(H2,23,24,25). The van der Waals surface area contributed by atoms with Crippen LogP contribution in [-0.4, -0.2) is 23.0 Å². The van der Waals surface area contributed by atoms with Crippen LogP contribution in [0.1, 0.15) is 41.6 Å². The molecule has 1 fully saturated rings. The number of aromatic nitrogens is 1. The number of hydrogen-bond acceptors (Lipinski definition) is 5. The Morgan fingerprint density at radius 1 is 1.27 bits per heavy atom. The van der Waals surface area contributed by atoms with Crippen LogP contribution in [0.15, 0.2) is 30.3 Å². The molecule has 2 aromatic rings. The van der Waals surface area contributed by atoms with E-state index in [1.54, 1.807) is 0 Å². The minimum absolute atomic E-state index is 0.00696. The van der Waals surface area contributed by atoms with Gasteiger partial charge in [0.2, 0.25) is 0 Å². The summed E-state index contributed by atoms with van der Waals surface area (Å²) >= 11 is 0. The minimum Gasteiger partial charge on any atom is -0.368 e. The molecule has 1 amide bonds. The van der Waals surface area contributed by atoms with Gasteiger partial charge in [0.25, 0.3) is 5.91 Å². The topological polar surface area (TPSA) is 106 Å². The van der Waals surface area contributed by atoms with E-state index in [2.05, 4.69) is 15.6 Å². The van der Waals surface area contributed by atoms with Crippen LogP contribution in [0.2, 0.25) is 0 Å². The van der Waals surface area contributed by atoms with Crippen molar-refractivity contribution in [3.8, 4) is 0 Å². The lowest BCUT2D eigenvalue weighted by molar-refractivity contribution is 0.100. The van der Waals surface area contributed by atoms with Crippen molar-refractivity contribution in [2.45, 2.75) is 38.1 Å². The van der Waals surface area contributed by atoms with Crippen LogP contribution in [0.3, 0.4) is 0 Å². The van der Waals surface area contributed by atoms with Gasteiger partial charge in [0.1, 0.15) is 5.82 Å². The number of benzene rings is 1. The molecular weight excluding hydrogens is 333 g/mol. The molecule has 0 unspecified atom stereocenters. The minimum atomic E-state index is -0.739. The zero-order valence-electron chi connectivity index (χ0n) is 14.8. The summed E-state index contributed by atoms with van der Waals surface area (Å²) in [6, 6.07) is 8.67. The van der Waals surface area contributed by atoms with Crippen LogP contribution in [0, 0.1) is 12.7 Å². The largest absolute Gasteiger partial charge is 0.368 e. The molecule has 0 spiro atoms. The number of pyridine rings is 1. The predicted molar refractivity (Wildman–Crippen MR) is 101 cm³/mol. The number of carbonyl (C=O) groups excluding carboxylic acids is 1. The molecule has 0 radical (unpaired) electrons. The van der Waals surface area contributed by atoms with Crippen molar-refractivity contribution in [1.82, 2.24) is 4.98 Å². The molecule has 0 saturated heterocycles. The summed E-state index contributed by atoms with van der Waals surface area (Å²) < 4.78 is 14.3. The second-order valence-electron chi connectivity index (χ2n) is 6.96. The van der Waals surface area contributed by atoms with Crippen molar-refractivity contribution in [3.05, 3.63) is 47.3 Å². The quantitative estimate of drug-likeness (QED) is 0.543. The number of halogens is 1. The lowest BCUT2D eigenvalue weighted by atomic mass is 10.1. The van der Waals surface area contributed by atoms with Crippen molar-refractivity contribution in [2.75, 3.05) is 17.2 Å². The summed E-state index contributed by atoms with van der Waals surface area (Å²) in [4.78, 5) is 15.9. The first-order chi connectivity index (χ1) is 12.4. The Balaban J connectivity index is 1.74. The fourth-order valence-electron chi connectivity index (χ4n) is 2.73. The number of amides is 1. The third-order valence-corrected chi connectivity index (χ3v) is 4.59. The summed E-state index contributed by atoms with van der Waals surface area (Å²) in [6.45, 7) is 2.53. The third-order valence-electron chi connectivity index (χ3n) is 4.59. The normalized spacial score (nSPS) is 14.7. The van der Waals surface area contributed by atoms with Gasteiger partial charge in [-0.25, -0.2) is 9.37 Å². The summed E-state index contributed by atoms with van der Waals surface area (Å²) in [5.74, 6) is -1.03. The highest BCUT2D eigenvalue weighted by Gasteiger charge is 2.36.